The highest BCUT2D eigenvalue weighted by atomic mass is 16.6. The highest BCUT2D eigenvalue weighted by molar-refractivity contribution is 5.83. The smallest absolute Gasteiger partial charge is 0.407 e. The minimum Gasteiger partial charge on any atom is -0.444 e. The van der Waals surface area contributed by atoms with Crippen molar-refractivity contribution in [2.24, 2.45) is 5.92 Å². The van der Waals surface area contributed by atoms with Crippen molar-refractivity contribution in [1.29, 1.82) is 5.26 Å². The Morgan fingerprint density at radius 3 is 2.60 bits per heavy atom. The summed E-state index contributed by atoms with van der Waals surface area (Å²) in [6, 6.07) is 13.0. The maximum Gasteiger partial charge on any atom is 0.407 e. The highest BCUT2D eigenvalue weighted by Gasteiger charge is 2.32. The van der Waals surface area contributed by atoms with E-state index in [1.165, 1.54) is 0 Å². The monoisotopic (exact) mass is 473 g/mol. The maximum atomic E-state index is 12.6. The minimum absolute atomic E-state index is 0.188. The molecular weight excluding hydrogens is 442 g/mol. The number of pyridine rings is 1. The Hall–Kier alpha value is -3.70. The molecule has 0 unspecified atom stereocenters. The average Bonchev–Trinajstić information content (AvgIpc) is 3.15. The lowest BCUT2D eigenvalue weighted by Gasteiger charge is -2.35. The predicted octanol–water partition coefficient (Wildman–Crippen LogP) is 4.67. The number of amides is 1. The first kappa shape index (κ1) is 24.4. The number of ether oxygens (including phenoxy) is 1. The first-order valence-electron chi connectivity index (χ1n) is 11.9. The van der Waals surface area contributed by atoms with E-state index in [1.807, 2.05) is 45.0 Å². The Kier molecular flexibility index (Phi) is 7.17. The van der Waals surface area contributed by atoms with Crippen molar-refractivity contribution < 1.29 is 14.6 Å². The normalized spacial score (nSPS) is 14.6. The minimum atomic E-state index is -0.594. The number of nitrogens with one attached hydrogen (secondary N) is 1. The molecule has 1 saturated carbocycles. The number of nitrogens with zero attached hydrogens (tertiary/aromatic N) is 4. The third kappa shape index (κ3) is 5.69. The molecule has 2 heterocycles. The van der Waals surface area contributed by atoms with Crippen LogP contribution in [-0.4, -0.2) is 37.6 Å². The molecule has 0 saturated heterocycles. The Balaban J connectivity index is 1.75. The summed E-state index contributed by atoms with van der Waals surface area (Å²) in [6.07, 6.45) is 6.10. The number of benzene rings is 1. The van der Waals surface area contributed by atoms with Crippen molar-refractivity contribution in [3.8, 4) is 28.5 Å². The van der Waals surface area contributed by atoms with Crippen LogP contribution in [0.2, 0.25) is 0 Å². The molecule has 0 bridgehead atoms. The molecule has 8 nitrogen and oxygen atoms in total. The molecule has 35 heavy (non-hydrogen) atoms. The van der Waals surface area contributed by atoms with E-state index in [9.17, 15) is 15.2 Å². The topological polar surface area (TPSA) is 113 Å². The molecule has 1 aromatic carbocycles. The number of aromatic nitrogens is 3. The van der Waals surface area contributed by atoms with Gasteiger partial charge in [0.2, 0.25) is 0 Å². The number of carbonyl (C=O) groups excluding carboxylic acids is 1. The molecule has 2 N–H and O–H groups in total. The maximum absolute atomic E-state index is 12.6. The quantitative estimate of drug-likeness (QED) is 0.516. The van der Waals surface area contributed by atoms with E-state index in [0.29, 0.717) is 29.4 Å². The van der Waals surface area contributed by atoms with E-state index in [-0.39, 0.29) is 12.6 Å². The lowest BCUT2D eigenvalue weighted by Crippen LogP contribution is -2.47. The lowest BCUT2D eigenvalue weighted by molar-refractivity contribution is 0.0453. The Bertz CT molecular complexity index is 1220. The van der Waals surface area contributed by atoms with Gasteiger partial charge in [-0.15, -0.1) is 0 Å². The Labute approximate surface area is 205 Å². The fourth-order valence-corrected chi connectivity index (χ4v) is 4.37. The van der Waals surface area contributed by atoms with Gasteiger partial charge in [0.1, 0.15) is 11.3 Å². The summed E-state index contributed by atoms with van der Waals surface area (Å²) in [5.41, 5.74) is 3.68. The van der Waals surface area contributed by atoms with Gasteiger partial charge in [0.05, 0.1) is 36.5 Å². The first-order valence-corrected chi connectivity index (χ1v) is 11.9. The molecule has 1 atom stereocenters. The third-order valence-electron chi connectivity index (χ3n) is 6.23. The molecule has 8 heteroatoms. The first-order chi connectivity index (χ1) is 16.8. The van der Waals surface area contributed by atoms with Crippen LogP contribution in [-0.2, 0) is 17.9 Å². The number of nitriles is 1. The van der Waals surface area contributed by atoms with Gasteiger partial charge in [-0.3, -0.25) is 9.67 Å². The summed E-state index contributed by atoms with van der Waals surface area (Å²) < 4.78 is 7.29. The molecule has 182 valence electrons. The molecule has 1 aliphatic carbocycles. The number of hydrogen-bond acceptors (Lipinski definition) is 6. The molecule has 1 fully saturated rings. The van der Waals surface area contributed by atoms with Gasteiger partial charge in [-0.25, -0.2) is 4.79 Å². The van der Waals surface area contributed by atoms with Crippen LogP contribution >= 0.6 is 0 Å². The van der Waals surface area contributed by atoms with Gasteiger partial charge in [0, 0.05) is 23.5 Å². The van der Waals surface area contributed by atoms with Crippen molar-refractivity contribution in [2.75, 3.05) is 0 Å². The molecular formula is C27H31N5O3. The van der Waals surface area contributed by atoms with E-state index in [4.69, 9.17) is 9.84 Å². The van der Waals surface area contributed by atoms with Gasteiger partial charge in [-0.05, 0) is 69.4 Å². The van der Waals surface area contributed by atoms with E-state index in [1.54, 1.807) is 29.2 Å². The van der Waals surface area contributed by atoms with Crippen molar-refractivity contribution in [2.45, 2.75) is 64.8 Å². The number of carbonyl (C=O) groups is 1. The predicted molar refractivity (Wildman–Crippen MR) is 132 cm³/mol. The molecule has 3 aromatic rings. The van der Waals surface area contributed by atoms with E-state index >= 15 is 0 Å². The lowest BCUT2D eigenvalue weighted by atomic mass is 9.79. The standard InChI is InChI=1S/C27H31N5O3/c1-27(2,3)35-26(34)30-22(19-7-5-8-19)16-32-23(17-33)24(20-10-12-29-13-11-20)25(31-32)21-9-4-6-18(14-21)15-28/h4,6,9-14,19,22,33H,5,7-8,16-17H2,1-3H3,(H,30,34)/t22-/m0/s1. The molecule has 4 rings (SSSR count). The molecule has 0 radical (unpaired) electrons. The SMILES string of the molecule is CC(C)(C)OC(=O)N[C@@H](Cn1nc(-c2cccc(C#N)c2)c(-c2ccncc2)c1CO)C1CCC1. The highest BCUT2D eigenvalue weighted by Crippen LogP contribution is 2.36. The molecule has 1 amide bonds. The summed E-state index contributed by atoms with van der Waals surface area (Å²) in [6.45, 7) is 5.68. The van der Waals surface area contributed by atoms with Crippen molar-refractivity contribution >= 4 is 6.09 Å². The third-order valence-corrected chi connectivity index (χ3v) is 6.23. The van der Waals surface area contributed by atoms with Gasteiger partial charge >= 0.3 is 6.09 Å². The number of alkyl carbamates (subject to hydrolysis) is 1. The molecule has 0 aliphatic heterocycles. The van der Waals surface area contributed by atoms with Gasteiger partial charge in [-0.2, -0.15) is 10.4 Å². The van der Waals surface area contributed by atoms with Crippen LogP contribution in [0, 0.1) is 17.2 Å². The largest absolute Gasteiger partial charge is 0.444 e. The van der Waals surface area contributed by atoms with Gasteiger partial charge in [0.15, 0.2) is 0 Å². The summed E-state index contributed by atoms with van der Waals surface area (Å²) in [7, 11) is 0. The van der Waals surface area contributed by atoms with Gasteiger partial charge in [0.25, 0.3) is 0 Å². The number of rotatable bonds is 7. The van der Waals surface area contributed by atoms with Gasteiger partial charge in [-0.1, -0.05) is 18.6 Å². The van der Waals surface area contributed by atoms with Crippen LogP contribution in [0.15, 0.2) is 48.8 Å². The summed E-state index contributed by atoms with van der Waals surface area (Å²) in [5.74, 6) is 0.313. The zero-order valence-corrected chi connectivity index (χ0v) is 20.4. The average molecular weight is 474 g/mol. The van der Waals surface area contributed by atoms with E-state index < -0.39 is 11.7 Å². The van der Waals surface area contributed by atoms with Crippen LogP contribution in [0.25, 0.3) is 22.4 Å². The molecule has 1 aliphatic rings. The molecule has 0 spiro atoms. The summed E-state index contributed by atoms with van der Waals surface area (Å²) in [5, 5.41) is 27.8. The van der Waals surface area contributed by atoms with E-state index in [0.717, 1.165) is 36.0 Å². The fourth-order valence-electron chi connectivity index (χ4n) is 4.37. The van der Waals surface area contributed by atoms with Crippen molar-refractivity contribution in [3.05, 3.63) is 60.0 Å². The zero-order valence-electron chi connectivity index (χ0n) is 20.4. The van der Waals surface area contributed by atoms with Gasteiger partial charge < -0.3 is 15.2 Å². The van der Waals surface area contributed by atoms with Crippen molar-refractivity contribution in [1.82, 2.24) is 20.1 Å². The summed E-state index contributed by atoms with van der Waals surface area (Å²) in [4.78, 5) is 16.7. The van der Waals surface area contributed by atoms with Crippen LogP contribution < -0.4 is 5.32 Å². The number of aliphatic hydroxyl groups excluding tert-OH is 1. The second-order valence-corrected chi connectivity index (χ2v) is 9.88. The van der Waals surface area contributed by atoms with Crippen LogP contribution in [0.1, 0.15) is 51.3 Å². The van der Waals surface area contributed by atoms with E-state index in [2.05, 4.69) is 16.4 Å². The zero-order chi connectivity index (χ0) is 25.0. The van der Waals surface area contributed by atoms with Crippen molar-refractivity contribution in [3.63, 3.8) is 0 Å². The van der Waals surface area contributed by atoms with Crippen LogP contribution in [0.4, 0.5) is 4.79 Å². The summed E-state index contributed by atoms with van der Waals surface area (Å²) >= 11 is 0. The Morgan fingerprint density at radius 1 is 1.26 bits per heavy atom. The fraction of sp³-hybridized carbons (Fsp3) is 0.407. The van der Waals surface area contributed by atoms with Crippen LogP contribution in [0.3, 0.4) is 0 Å². The molecule has 2 aromatic heterocycles. The number of hydrogen-bond donors (Lipinski definition) is 2. The number of aliphatic hydroxyl groups is 1. The second kappa shape index (κ2) is 10.3. The Morgan fingerprint density at radius 2 is 2.00 bits per heavy atom. The van der Waals surface area contributed by atoms with Crippen LogP contribution in [0.5, 0.6) is 0 Å². The second-order valence-electron chi connectivity index (χ2n) is 9.88.